The highest BCUT2D eigenvalue weighted by Crippen LogP contribution is 2.24. The molecule has 1 aromatic carbocycles. The van der Waals surface area contributed by atoms with E-state index in [1.165, 1.54) is 16.7 Å². The standard InChI is InChI=1S/C16H23NO3/c1-4-17(15-10-20-9-14(15)16(18)19)8-13-11(2)6-5-7-12(13)3/h5-7,14-15H,4,8-10H2,1-3H3,(H,18,19). The summed E-state index contributed by atoms with van der Waals surface area (Å²) in [5.74, 6) is -1.17. The first-order chi connectivity index (χ1) is 9.54. The summed E-state index contributed by atoms with van der Waals surface area (Å²) in [5.41, 5.74) is 3.81. The van der Waals surface area contributed by atoms with Crippen molar-refractivity contribution in [3.05, 3.63) is 34.9 Å². The van der Waals surface area contributed by atoms with Gasteiger partial charge in [-0.3, -0.25) is 9.69 Å². The fourth-order valence-corrected chi connectivity index (χ4v) is 2.90. The Labute approximate surface area is 120 Å². The van der Waals surface area contributed by atoms with Crippen LogP contribution in [-0.4, -0.2) is 41.8 Å². The van der Waals surface area contributed by atoms with Crippen LogP contribution in [-0.2, 0) is 16.1 Å². The molecule has 1 aliphatic rings. The van der Waals surface area contributed by atoms with Gasteiger partial charge in [0.1, 0.15) is 0 Å². The summed E-state index contributed by atoms with van der Waals surface area (Å²) in [6.07, 6.45) is 0. The Bertz CT molecular complexity index is 466. The highest BCUT2D eigenvalue weighted by Gasteiger charge is 2.37. The van der Waals surface area contributed by atoms with Gasteiger partial charge in [-0.2, -0.15) is 0 Å². The zero-order valence-corrected chi connectivity index (χ0v) is 12.4. The molecular formula is C16H23NO3. The Balaban J connectivity index is 2.19. The molecule has 1 fully saturated rings. The third-order valence-corrected chi connectivity index (χ3v) is 4.25. The summed E-state index contributed by atoms with van der Waals surface area (Å²) in [5, 5.41) is 9.30. The first-order valence-corrected chi connectivity index (χ1v) is 7.14. The SMILES string of the molecule is CCN(Cc1c(C)cccc1C)C1COCC1C(=O)O. The van der Waals surface area contributed by atoms with E-state index in [0.29, 0.717) is 13.2 Å². The van der Waals surface area contributed by atoms with E-state index in [2.05, 4.69) is 43.9 Å². The first kappa shape index (κ1) is 15.0. The van der Waals surface area contributed by atoms with Crippen molar-refractivity contribution in [2.75, 3.05) is 19.8 Å². The van der Waals surface area contributed by atoms with Crippen molar-refractivity contribution >= 4 is 5.97 Å². The molecule has 2 unspecified atom stereocenters. The number of likely N-dealkylation sites (N-methyl/N-ethyl adjacent to an activating group) is 1. The van der Waals surface area contributed by atoms with E-state index in [-0.39, 0.29) is 6.04 Å². The second-order valence-electron chi connectivity index (χ2n) is 5.48. The van der Waals surface area contributed by atoms with Gasteiger partial charge in [0.15, 0.2) is 0 Å². The lowest BCUT2D eigenvalue weighted by Gasteiger charge is -2.30. The molecule has 0 spiro atoms. The molecule has 110 valence electrons. The zero-order chi connectivity index (χ0) is 14.7. The van der Waals surface area contributed by atoms with Crippen molar-refractivity contribution in [3.8, 4) is 0 Å². The molecule has 1 aromatic rings. The Morgan fingerprint density at radius 2 is 2.00 bits per heavy atom. The van der Waals surface area contributed by atoms with Crippen LogP contribution >= 0.6 is 0 Å². The van der Waals surface area contributed by atoms with Crippen molar-refractivity contribution in [1.29, 1.82) is 0 Å². The Hall–Kier alpha value is -1.39. The number of nitrogens with zero attached hydrogens (tertiary/aromatic N) is 1. The summed E-state index contributed by atoms with van der Waals surface area (Å²) in [4.78, 5) is 13.5. The van der Waals surface area contributed by atoms with Crippen LogP contribution in [0.4, 0.5) is 0 Å². The van der Waals surface area contributed by atoms with E-state index in [0.717, 1.165) is 13.1 Å². The maximum atomic E-state index is 11.3. The topological polar surface area (TPSA) is 49.8 Å². The van der Waals surface area contributed by atoms with Crippen molar-refractivity contribution in [2.45, 2.75) is 33.4 Å². The number of carbonyl (C=O) groups is 1. The number of carboxylic acid groups (broad SMARTS) is 1. The second-order valence-corrected chi connectivity index (χ2v) is 5.48. The fraction of sp³-hybridized carbons (Fsp3) is 0.562. The first-order valence-electron chi connectivity index (χ1n) is 7.14. The van der Waals surface area contributed by atoms with Crippen LogP contribution in [0.2, 0.25) is 0 Å². The molecule has 4 heteroatoms. The number of ether oxygens (including phenoxy) is 1. The molecular weight excluding hydrogens is 254 g/mol. The minimum absolute atomic E-state index is 0.0310. The largest absolute Gasteiger partial charge is 0.481 e. The molecule has 0 saturated carbocycles. The van der Waals surface area contributed by atoms with Gasteiger partial charge in [-0.1, -0.05) is 25.1 Å². The minimum atomic E-state index is -0.757. The average molecular weight is 277 g/mol. The summed E-state index contributed by atoms with van der Waals surface area (Å²) in [6.45, 7) is 8.73. The van der Waals surface area contributed by atoms with Gasteiger partial charge in [0, 0.05) is 12.6 Å². The van der Waals surface area contributed by atoms with E-state index in [9.17, 15) is 9.90 Å². The molecule has 1 heterocycles. The minimum Gasteiger partial charge on any atom is -0.481 e. The molecule has 0 bridgehead atoms. The number of aryl methyl sites for hydroxylation is 2. The number of carboxylic acids is 1. The van der Waals surface area contributed by atoms with Crippen LogP contribution in [0.5, 0.6) is 0 Å². The molecule has 2 rings (SSSR count). The van der Waals surface area contributed by atoms with Gasteiger partial charge in [0.25, 0.3) is 0 Å². The van der Waals surface area contributed by atoms with Crippen LogP contribution in [0.1, 0.15) is 23.6 Å². The Morgan fingerprint density at radius 3 is 2.55 bits per heavy atom. The van der Waals surface area contributed by atoms with Gasteiger partial charge in [-0.05, 0) is 37.1 Å². The number of aliphatic carboxylic acids is 1. The maximum Gasteiger partial charge on any atom is 0.310 e. The number of hydrogen-bond acceptors (Lipinski definition) is 3. The molecule has 0 amide bonds. The van der Waals surface area contributed by atoms with Crippen LogP contribution in [0.15, 0.2) is 18.2 Å². The Kier molecular flexibility index (Phi) is 4.78. The van der Waals surface area contributed by atoms with E-state index in [4.69, 9.17) is 4.74 Å². The smallest absolute Gasteiger partial charge is 0.310 e. The number of rotatable bonds is 5. The van der Waals surface area contributed by atoms with E-state index in [1.54, 1.807) is 0 Å². The fourth-order valence-electron chi connectivity index (χ4n) is 2.90. The third kappa shape index (κ3) is 3.02. The molecule has 20 heavy (non-hydrogen) atoms. The molecule has 0 radical (unpaired) electrons. The highest BCUT2D eigenvalue weighted by atomic mass is 16.5. The Morgan fingerprint density at radius 1 is 1.35 bits per heavy atom. The van der Waals surface area contributed by atoms with Crippen molar-refractivity contribution in [2.24, 2.45) is 5.92 Å². The van der Waals surface area contributed by atoms with Crippen molar-refractivity contribution in [1.82, 2.24) is 4.90 Å². The highest BCUT2D eigenvalue weighted by molar-refractivity contribution is 5.71. The molecule has 0 aliphatic carbocycles. The summed E-state index contributed by atoms with van der Waals surface area (Å²) < 4.78 is 5.39. The van der Waals surface area contributed by atoms with Gasteiger partial charge in [-0.15, -0.1) is 0 Å². The molecule has 1 saturated heterocycles. The quantitative estimate of drug-likeness (QED) is 0.896. The van der Waals surface area contributed by atoms with Crippen LogP contribution in [0.25, 0.3) is 0 Å². The zero-order valence-electron chi connectivity index (χ0n) is 12.4. The van der Waals surface area contributed by atoms with Gasteiger partial charge < -0.3 is 9.84 Å². The van der Waals surface area contributed by atoms with Gasteiger partial charge in [0.2, 0.25) is 0 Å². The van der Waals surface area contributed by atoms with Crippen LogP contribution in [0, 0.1) is 19.8 Å². The van der Waals surface area contributed by atoms with Gasteiger partial charge in [0.05, 0.1) is 19.1 Å². The molecule has 1 N–H and O–H groups in total. The third-order valence-electron chi connectivity index (χ3n) is 4.25. The lowest BCUT2D eigenvalue weighted by molar-refractivity contribution is -0.143. The summed E-state index contributed by atoms with van der Waals surface area (Å²) >= 11 is 0. The summed E-state index contributed by atoms with van der Waals surface area (Å²) in [6, 6.07) is 6.24. The van der Waals surface area contributed by atoms with Crippen molar-refractivity contribution in [3.63, 3.8) is 0 Å². The van der Waals surface area contributed by atoms with Crippen molar-refractivity contribution < 1.29 is 14.6 Å². The lowest BCUT2D eigenvalue weighted by atomic mass is 9.98. The van der Waals surface area contributed by atoms with Gasteiger partial charge >= 0.3 is 5.97 Å². The van der Waals surface area contributed by atoms with E-state index in [1.807, 2.05) is 0 Å². The average Bonchev–Trinajstić information content (AvgIpc) is 2.88. The maximum absolute atomic E-state index is 11.3. The van der Waals surface area contributed by atoms with Gasteiger partial charge in [-0.25, -0.2) is 0 Å². The predicted molar refractivity (Wildman–Crippen MR) is 77.7 cm³/mol. The van der Waals surface area contributed by atoms with Crippen LogP contribution in [0.3, 0.4) is 0 Å². The van der Waals surface area contributed by atoms with E-state index < -0.39 is 11.9 Å². The monoisotopic (exact) mass is 277 g/mol. The lowest BCUT2D eigenvalue weighted by Crippen LogP contribution is -2.42. The molecule has 0 aromatic heterocycles. The summed E-state index contributed by atoms with van der Waals surface area (Å²) in [7, 11) is 0. The molecule has 4 nitrogen and oxygen atoms in total. The predicted octanol–water partition coefficient (Wildman–Crippen LogP) is 2.22. The molecule has 2 atom stereocenters. The normalized spacial score (nSPS) is 22.4. The number of hydrogen-bond donors (Lipinski definition) is 1. The number of benzene rings is 1. The molecule has 1 aliphatic heterocycles. The van der Waals surface area contributed by atoms with Crippen LogP contribution < -0.4 is 0 Å². The van der Waals surface area contributed by atoms with E-state index >= 15 is 0 Å². The second kappa shape index (κ2) is 6.37.